The number of rotatable bonds is 6. The molecule has 1 unspecified atom stereocenters. The Morgan fingerprint density at radius 1 is 0.966 bits per heavy atom. The molecule has 2 aromatic rings. The summed E-state index contributed by atoms with van der Waals surface area (Å²) in [7, 11) is 1.97. The first-order valence-corrected chi connectivity index (χ1v) is 9.82. The van der Waals surface area contributed by atoms with Crippen LogP contribution in [0.4, 0.5) is 17.6 Å². The summed E-state index contributed by atoms with van der Waals surface area (Å²) >= 11 is 0. The molecule has 0 saturated heterocycles. The zero-order valence-corrected chi connectivity index (χ0v) is 16.3. The average Bonchev–Trinajstić information content (AvgIpc) is 2.72. The SMILES string of the molecule is CNC1CCC(NCc2cc(-c3ccc(C(O)C(F)(F)F)cc3)ccc2F)CC1. The fourth-order valence-electron chi connectivity index (χ4n) is 3.78. The van der Waals surface area contributed by atoms with Gasteiger partial charge in [0.1, 0.15) is 5.82 Å². The smallest absolute Gasteiger partial charge is 0.379 e. The molecular weight excluding hydrogens is 384 g/mol. The Hall–Kier alpha value is -1.96. The molecule has 0 heterocycles. The van der Waals surface area contributed by atoms with Crippen LogP contribution in [0.15, 0.2) is 42.5 Å². The van der Waals surface area contributed by atoms with Gasteiger partial charge < -0.3 is 15.7 Å². The number of aliphatic hydroxyl groups is 1. The molecule has 1 aliphatic rings. The second-order valence-electron chi connectivity index (χ2n) is 7.59. The summed E-state index contributed by atoms with van der Waals surface area (Å²) in [6.45, 7) is 0.402. The minimum atomic E-state index is -4.71. The van der Waals surface area contributed by atoms with Crippen molar-refractivity contribution >= 4 is 0 Å². The monoisotopic (exact) mass is 410 g/mol. The molecule has 7 heteroatoms. The van der Waals surface area contributed by atoms with Crippen LogP contribution in [0.2, 0.25) is 0 Å². The fraction of sp³-hybridized carbons (Fsp3) is 0.455. The first-order chi connectivity index (χ1) is 13.8. The van der Waals surface area contributed by atoms with Crippen LogP contribution in [-0.4, -0.2) is 30.4 Å². The number of aliphatic hydroxyl groups excluding tert-OH is 1. The van der Waals surface area contributed by atoms with Gasteiger partial charge in [0.2, 0.25) is 0 Å². The first kappa shape index (κ1) is 21.7. The van der Waals surface area contributed by atoms with Crippen molar-refractivity contribution in [2.75, 3.05) is 7.05 Å². The molecule has 0 aromatic heterocycles. The number of hydrogen-bond donors (Lipinski definition) is 3. The average molecular weight is 410 g/mol. The van der Waals surface area contributed by atoms with Gasteiger partial charge in [-0.2, -0.15) is 13.2 Å². The largest absolute Gasteiger partial charge is 0.418 e. The molecule has 1 aliphatic carbocycles. The predicted octanol–water partition coefficient (Wildman–Crippen LogP) is 4.71. The number of alkyl halides is 3. The van der Waals surface area contributed by atoms with E-state index in [4.69, 9.17) is 0 Å². The Labute approximate surface area is 168 Å². The molecule has 0 radical (unpaired) electrons. The Morgan fingerprint density at radius 3 is 2.14 bits per heavy atom. The second-order valence-corrected chi connectivity index (χ2v) is 7.59. The zero-order chi connectivity index (χ0) is 21.0. The van der Waals surface area contributed by atoms with Crippen molar-refractivity contribution in [3.05, 3.63) is 59.4 Å². The van der Waals surface area contributed by atoms with Crippen LogP contribution in [0.25, 0.3) is 11.1 Å². The summed E-state index contributed by atoms with van der Waals surface area (Å²) in [5.74, 6) is -0.311. The predicted molar refractivity (Wildman–Crippen MR) is 105 cm³/mol. The number of nitrogens with one attached hydrogen (secondary N) is 2. The zero-order valence-electron chi connectivity index (χ0n) is 16.3. The molecule has 1 fully saturated rings. The van der Waals surface area contributed by atoms with E-state index in [0.29, 0.717) is 29.8 Å². The summed E-state index contributed by atoms with van der Waals surface area (Å²) in [5.41, 5.74) is 1.69. The quantitative estimate of drug-likeness (QED) is 0.605. The molecule has 3 rings (SSSR count). The minimum Gasteiger partial charge on any atom is -0.379 e. The molecule has 0 aliphatic heterocycles. The lowest BCUT2D eigenvalue weighted by Crippen LogP contribution is -2.38. The van der Waals surface area contributed by atoms with Gasteiger partial charge in [-0.05, 0) is 61.6 Å². The van der Waals surface area contributed by atoms with E-state index in [-0.39, 0.29) is 11.4 Å². The molecule has 0 spiro atoms. The third kappa shape index (κ3) is 5.56. The van der Waals surface area contributed by atoms with Crippen LogP contribution in [-0.2, 0) is 6.54 Å². The van der Waals surface area contributed by atoms with Gasteiger partial charge in [-0.1, -0.05) is 30.3 Å². The van der Waals surface area contributed by atoms with Gasteiger partial charge in [0, 0.05) is 24.2 Å². The van der Waals surface area contributed by atoms with Gasteiger partial charge >= 0.3 is 6.18 Å². The lowest BCUT2D eigenvalue weighted by atomic mass is 9.91. The third-order valence-electron chi connectivity index (χ3n) is 5.63. The van der Waals surface area contributed by atoms with Crippen LogP contribution in [0.3, 0.4) is 0 Å². The normalized spacial score (nSPS) is 21.2. The van der Waals surface area contributed by atoms with Gasteiger partial charge in [0.05, 0.1) is 0 Å². The summed E-state index contributed by atoms with van der Waals surface area (Å²) < 4.78 is 52.1. The highest BCUT2D eigenvalue weighted by atomic mass is 19.4. The van der Waals surface area contributed by atoms with Crippen molar-refractivity contribution in [2.45, 2.75) is 56.6 Å². The molecule has 1 saturated carbocycles. The molecule has 2 aromatic carbocycles. The Bertz CT molecular complexity index is 799. The Balaban J connectivity index is 1.67. The van der Waals surface area contributed by atoms with Crippen molar-refractivity contribution in [3.63, 3.8) is 0 Å². The van der Waals surface area contributed by atoms with Gasteiger partial charge in [0.15, 0.2) is 6.10 Å². The van der Waals surface area contributed by atoms with E-state index in [1.54, 1.807) is 12.1 Å². The van der Waals surface area contributed by atoms with E-state index in [0.717, 1.165) is 31.2 Å². The molecule has 1 atom stereocenters. The highest BCUT2D eigenvalue weighted by molar-refractivity contribution is 5.64. The van der Waals surface area contributed by atoms with E-state index in [1.165, 1.54) is 30.3 Å². The first-order valence-electron chi connectivity index (χ1n) is 9.82. The van der Waals surface area contributed by atoms with Crippen LogP contribution >= 0.6 is 0 Å². The van der Waals surface area contributed by atoms with Crippen LogP contribution in [0.5, 0.6) is 0 Å². The number of benzene rings is 2. The minimum absolute atomic E-state index is 0.220. The van der Waals surface area contributed by atoms with Crippen molar-refractivity contribution in [1.82, 2.24) is 10.6 Å². The van der Waals surface area contributed by atoms with Crippen LogP contribution < -0.4 is 10.6 Å². The molecule has 3 N–H and O–H groups in total. The van der Waals surface area contributed by atoms with E-state index >= 15 is 0 Å². The Kier molecular flexibility index (Phi) is 6.93. The second kappa shape index (κ2) is 9.24. The van der Waals surface area contributed by atoms with E-state index < -0.39 is 12.3 Å². The van der Waals surface area contributed by atoms with E-state index in [9.17, 15) is 22.7 Å². The maximum Gasteiger partial charge on any atom is 0.418 e. The maximum atomic E-state index is 14.2. The third-order valence-corrected chi connectivity index (χ3v) is 5.63. The molecule has 3 nitrogen and oxygen atoms in total. The Morgan fingerprint density at radius 2 is 1.55 bits per heavy atom. The number of halogens is 4. The van der Waals surface area contributed by atoms with E-state index in [2.05, 4.69) is 10.6 Å². The summed E-state index contributed by atoms with van der Waals surface area (Å²) in [5, 5.41) is 16.0. The number of hydrogen-bond acceptors (Lipinski definition) is 3. The van der Waals surface area contributed by atoms with Crippen molar-refractivity contribution < 1.29 is 22.7 Å². The van der Waals surface area contributed by atoms with Gasteiger partial charge in [-0.3, -0.25) is 0 Å². The summed E-state index contributed by atoms with van der Waals surface area (Å²) in [6, 6.07) is 11.1. The van der Waals surface area contributed by atoms with Crippen molar-refractivity contribution in [2.24, 2.45) is 0 Å². The lowest BCUT2D eigenvalue weighted by Gasteiger charge is -2.29. The van der Waals surface area contributed by atoms with Crippen molar-refractivity contribution in [1.29, 1.82) is 0 Å². The van der Waals surface area contributed by atoms with Crippen molar-refractivity contribution in [3.8, 4) is 11.1 Å². The molecule has 0 amide bonds. The van der Waals surface area contributed by atoms with Gasteiger partial charge in [-0.25, -0.2) is 4.39 Å². The molecule has 0 bridgehead atoms. The molecular formula is C22H26F4N2O. The molecule has 29 heavy (non-hydrogen) atoms. The van der Waals surface area contributed by atoms with E-state index in [1.807, 2.05) is 7.05 Å². The molecule has 158 valence electrons. The van der Waals surface area contributed by atoms with Gasteiger partial charge in [0.25, 0.3) is 0 Å². The highest BCUT2D eigenvalue weighted by Gasteiger charge is 2.39. The lowest BCUT2D eigenvalue weighted by molar-refractivity contribution is -0.206. The fourth-order valence-corrected chi connectivity index (χ4v) is 3.78. The summed E-state index contributed by atoms with van der Waals surface area (Å²) in [4.78, 5) is 0. The van der Waals surface area contributed by atoms with Crippen LogP contribution in [0, 0.1) is 5.82 Å². The van der Waals surface area contributed by atoms with Gasteiger partial charge in [-0.15, -0.1) is 0 Å². The topological polar surface area (TPSA) is 44.3 Å². The van der Waals surface area contributed by atoms with Crippen LogP contribution in [0.1, 0.15) is 42.9 Å². The standard InChI is InChI=1S/C22H26F4N2O/c1-27-18-7-9-19(10-8-18)28-13-17-12-16(6-11-20(17)23)14-2-4-15(5-3-14)21(29)22(24,25)26/h2-6,11-12,18-19,21,27-29H,7-10,13H2,1H3. The summed E-state index contributed by atoms with van der Waals surface area (Å²) in [6.07, 6.45) is -2.96. The maximum absolute atomic E-state index is 14.2. The highest BCUT2D eigenvalue weighted by Crippen LogP contribution is 2.33.